The summed E-state index contributed by atoms with van der Waals surface area (Å²) in [5.41, 5.74) is 0.780. The lowest BCUT2D eigenvalue weighted by molar-refractivity contribution is 0.0100. The van der Waals surface area contributed by atoms with E-state index in [1.807, 2.05) is 6.07 Å². The molecule has 1 atom stereocenters. The van der Waals surface area contributed by atoms with Gasteiger partial charge in [0.15, 0.2) is 0 Å². The van der Waals surface area contributed by atoms with Crippen LogP contribution < -0.4 is 0 Å². The van der Waals surface area contributed by atoms with Gasteiger partial charge in [-0.25, -0.2) is 13.6 Å². The number of halogens is 2. The first-order chi connectivity index (χ1) is 9.02. The highest BCUT2D eigenvalue weighted by Crippen LogP contribution is 2.32. The Morgan fingerprint density at radius 3 is 2.74 bits per heavy atom. The van der Waals surface area contributed by atoms with Crippen LogP contribution in [0.15, 0.2) is 30.3 Å². The van der Waals surface area contributed by atoms with Crippen LogP contribution in [-0.2, 0) is 11.3 Å². The van der Waals surface area contributed by atoms with Crippen LogP contribution in [0, 0.1) is 0 Å². The summed E-state index contributed by atoms with van der Waals surface area (Å²) < 4.78 is 31.4. The number of carbonyl (C=O) groups excluding carboxylic acids is 1. The van der Waals surface area contributed by atoms with Gasteiger partial charge in [-0.3, -0.25) is 4.90 Å². The van der Waals surface area contributed by atoms with E-state index in [1.165, 1.54) is 0 Å². The molecular weight excluding hydrogens is 256 g/mol. The number of nitrogens with zero attached hydrogens (tertiary/aromatic N) is 1. The lowest BCUT2D eigenvalue weighted by Gasteiger charge is -2.21. The molecule has 1 aliphatic rings. The quantitative estimate of drug-likeness (QED) is 0.915. The average molecular weight is 271 g/mol. The van der Waals surface area contributed by atoms with Gasteiger partial charge in [0.2, 0.25) is 0 Å². The number of hydrogen-bond acceptors (Lipinski definition) is 3. The fraction of sp³-hybridized carbons (Fsp3) is 0.462. The number of amides is 1. The molecule has 6 heteroatoms. The summed E-state index contributed by atoms with van der Waals surface area (Å²) in [6.07, 6.45) is -1.34. The fourth-order valence-corrected chi connectivity index (χ4v) is 2.08. The van der Waals surface area contributed by atoms with Gasteiger partial charge < -0.3 is 9.84 Å². The molecule has 0 spiro atoms. The van der Waals surface area contributed by atoms with Gasteiger partial charge in [0.05, 0.1) is 19.2 Å². The number of rotatable bonds is 3. The maximum atomic E-state index is 13.2. The summed E-state index contributed by atoms with van der Waals surface area (Å²) in [4.78, 5) is 12.6. The molecule has 1 fully saturated rings. The summed E-state index contributed by atoms with van der Waals surface area (Å²) in [5, 5.41) is 9.02. The summed E-state index contributed by atoms with van der Waals surface area (Å²) >= 11 is 0. The van der Waals surface area contributed by atoms with Crippen LogP contribution >= 0.6 is 0 Å². The van der Waals surface area contributed by atoms with E-state index in [0.717, 1.165) is 10.5 Å². The second-order valence-electron chi connectivity index (χ2n) is 4.56. The Kier molecular flexibility index (Phi) is 3.99. The highest BCUT2D eigenvalue weighted by molar-refractivity contribution is 5.68. The number of aliphatic hydroxyl groups is 1. The first-order valence-corrected chi connectivity index (χ1v) is 5.98. The Balaban J connectivity index is 1.93. The van der Waals surface area contributed by atoms with Crippen molar-refractivity contribution in [1.82, 2.24) is 4.90 Å². The Morgan fingerprint density at radius 2 is 2.11 bits per heavy atom. The zero-order valence-electron chi connectivity index (χ0n) is 10.3. The van der Waals surface area contributed by atoms with E-state index in [2.05, 4.69) is 0 Å². The van der Waals surface area contributed by atoms with Gasteiger partial charge in [0, 0.05) is 6.42 Å². The number of hydrogen-bond donors (Lipinski definition) is 1. The second-order valence-corrected chi connectivity index (χ2v) is 4.56. The number of alkyl halides is 2. The molecule has 0 radical (unpaired) electrons. The van der Waals surface area contributed by atoms with Crippen LogP contribution in [0.5, 0.6) is 0 Å². The Morgan fingerprint density at radius 1 is 1.42 bits per heavy atom. The zero-order chi connectivity index (χ0) is 13.9. The number of ether oxygens (including phenoxy) is 1. The molecule has 1 N–H and O–H groups in total. The van der Waals surface area contributed by atoms with E-state index in [-0.39, 0.29) is 6.61 Å². The monoisotopic (exact) mass is 271 g/mol. The number of carbonyl (C=O) groups is 1. The molecule has 0 bridgehead atoms. The standard InChI is InChI=1S/C13H15F2NO3/c14-13(15)6-11(7-17)16(9-13)12(18)19-8-10-4-2-1-3-5-10/h1-5,11,17H,6-9H2/t11-/m1/s1. The van der Waals surface area contributed by atoms with Gasteiger partial charge in [-0.15, -0.1) is 0 Å². The van der Waals surface area contributed by atoms with Crippen LogP contribution in [0.25, 0.3) is 0 Å². The number of likely N-dealkylation sites (tertiary alicyclic amines) is 1. The summed E-state index contributed by atoms with van der Waals surface area (Å²) in [6, 6.07) is 8.09. The largest absolute Gasteiger partial charge is 0.445 e. The number of benzene rings is 1. The minimum absolute atomic E-state index is 0.0277. The first kappa shape index (κ1) is 13.7. The number of aliphatic hydroxyl groups excluding tert-OH is 1. The van der Waals surface area contributed by atoms with Crippen molar-refractivity contribution in [3.05, 3.63) is 35.9 Å². The fourth-order valence-electron chi connectivity index (χ4n) is 2.08. The normalized spacial score (nSPS) is 21.4. The van der Waals surface area contributed by atoms with Crippen LogP contribution in [0.2, 0.25) is 0 Å². The molecular formula is C13H15F2NO3. The van der Waals surface area contributed by atoms with Gasteiger partial charge in [0.1, 0.15) is 6.61 Å². The molecule has 0 unspecified atom stereocenters. The third-order valence-corrected chi connectivity index (χ3v) is 3.03. The SMILES string of the molecule is O=C(OCc1ccccc1)N1CC(F)(F)C[C@@H]1CO. The Hall–Kier alpha value is -1.69. The summed E-state index contributed by atoms with van der Waals surface area (Å²) in [6.45, 7) is -1.16. The first-order valence-electron chi connectivity index (χ1n) is 5.98. The zero-order valence-corrected chi connectivity index (χ0v) is 10.3. The molecule has 19 heavy (non-hydrogen) atoms. The predicted molar refractivity (Wildman–Crippen MR) is 63.8 cm³/mol. The van der Waals surface area contributed by atoms with E-state index < -0.39 is 37.6 Å². The van der Waals surface area contributed by atoms with Crippen LogP contribution in [0.1, 0.15) is 12.0 Å². The van der Waals surface area contributed by atoms with Gasteiger partial charge in [-0.2, -0.15) is 0 Å². The highest BCUT2D eigenvalue weighted by atomic mass is 19.3. The van der Waals surface area contributed by atoms with E-state index >= 15 is 0 Å². The summed E-state index contributed by atoms with van der Waals surface area (Å²) in [7, 11) is 0. The second kappa shape index (κ2) is 5.52. The van der Waals surface area contributed by atoms with E-state index in [4.69, 9.17) is 9.84 Å². The van der Waals surface area contributed by atoms with Crippen molar-refractivity contribution in [2.24, 2.45) is 0 Å². The molecule has 1 amide bonds. The predicted octanol–water partition coefficient (Wildman–Crippen LogP) is 2.03. The minimum atomic E-state index is -2.96. The minimum Gasteiger partial charge on any atom is -0.445 e. The molecule has 1 heterocycles. The van der Waals surface area contributed by atoms with Gasteiger partial charge in [0.25, 0.3) is 5.92 Å². The van der Waals surface area contributed by atoms with Crippen molar-refractivity contribution in [1.29, 1.82) is 0 Å². The highest BCUT2D eigenvalue weighted by Gasteiger charge is 2.47. The van der Waals surface area contributed by atoms with Gasteiger partial charge >= 0.3 is 6.09 Å². The van der Waals surface area contributed by atoms with Crippen molar-refractivity contribution in [2.45, 2.75) is 25.0 Å². The third kappa shape index (κ3) is 3.41. The topological polar surface area (TPSA) is 49.8 Å². The molecule has 0 saturated carbocycles. The molecule has 1 aromatic rings. The van der Waals surface area contributed by atoms with Crippen molar-refractivity contribution in [3.63, 3.8) is 0 Å². The van der Waals surface area contributed by atoms with E-state index in [1.54, 1.807) is 24.3 Å². The van der Waals surface area contributed by atoms with E-state index in [0.29, 0.717) is 0 Å². The van der Waals surface area contributed by atoms with Crippen LogP contribution in [0.3, 0.4) is 0 Å². The average Bonchev–Trinajstić information content (AvgIpc) is 2.72. The van der Waals surface area contributed by atoms with Gasteiger partial charge in [-0.05, 0) is 5.56 Å². The Labute approximate surface area is 109 Å². The maximum absolute atomic E-state index is 13.2. The molecule has 0 aliphatic carbocycles. The van der Waals surface area contributed by atoms with Crippen molar-refractivity contribution < 1.29 is 23.4 Å². The molecule has 0 aromatic heterocycles. The molecule has 104 valence electrons. The molecule has 1 saturated heterocycles. The van der Waals surface area contributed by atoms with Crippen LogP contribution in [0.4, 0.5) is 13.6 Å². The third-order valence-electron chi connectivity index (χ3n) is 3.03. The van der Waals surface area contributed by atoms with Crippen molar-refractivity contribution >= 4 is 6.09 Å². The van der Waals surface area contributed by atoms with Crippen molar-refractivity contribution in [2.75, 3.05) is 13.2 Å². The van der Waals surface area contributed by atoms with Crippen LogP contribution in [-0.4, -0.2) is 41.2 Å². The molecule has 1 aliphatic heterocycles. The summed E-state index contributed by atoms with van der Waals surface area (Å²) in [5.74, 6) is -2.96. The molecule has 1 aromatic carbocycles. The molecule has 2 rings (SSSR count). The molecule has 4 nitrogen and oxygen atoms in total. The lowest BCUT2D eigenvalue weighted by atomic mass is 10.2. The van der Waals surface area contributed by atoms with E-state index in [9.17, 15) is 13.6 Å². The lowest BCUT2D eigenvalue weighted by Crippen LogP contribution is -2.38. The Bertz CT molecular complexity index is 439. The van der Waals surface area contributed by atoms with Gasteiger partial charge in [-0.1, -0.05) is 30.3 Å². The maximum Gasteiger partial charge on any atom is 0.410 e. The van der Waals surface area contributed by atoms with Crippen molar-refractivity contribution in [3.8, 4) is 0 Å². The smallest absolute Gasteiger partial charge is 0.410 e.